The maximum Gasteiger partial charge on any atom is 0.188 e. The highest BCUT2D eigenvalue weighted by Crippen LogP contribution is 2.27. The summed E-state index contributed by atoms with van der Waals surface area (Å²) in [5.74, 6) is 0. The van der Waals surface area contributed by atoms with Crippen molar-refractivity contribution >= 4 is 33.5 Å². The van der Waals surface area contributed by atoms with Crippen LogP contribution >= 0.6 is 0 Å². The zero-order valence-electron chi connectivity index (χ0n) is 10.0. The van der Waals surface area contributed by atoms with Gasteiger partial charge in [-0.2, -0.15) is 0 Å². The van der Waals surface area contributed by atoms with Gasteiger partial charge in [-0.05, 0) is 24.3 Å². The molecule has 0 aromatic heterocycles. The van der Waals surface area contributed by atoms with Crippen LogP contribution in [-0.4, -0.2) is 17.5 Å². The van der Waals surface area contributed by atoms with Crippen molar-refractivity contribution in [1.82, 2.24) is 0 Å². The van der Waals surface area contributed by atoms with Gasteiger partial charge in [0.05, 0.1) is 9.79 Å². The molecule has 0 fully saturated rings. The lowest BCUT2D eigenvalue weighted by atomic mass is 10.3. The molecule has 2 unspecified atom stereocenters. The van der Waals surface area contributed by atoms with Crippen LogP contribution in [-0.2, 0) is 22.2 Å². The minimum atomic E-state index is -2.18. The second-order valence-corrected chi connectivity index (χ2v) is 5.51. The average molecular weight is 310 g/mol. The molecule has 0 aliphatic carbocycles. The van der Waals surface area contributed by atoms with Gasteiger partial charge in [0.25, 0.3) is 0 Å². The van der Waals surface area contributed by atoms with Crippen LogP contribution < -0.4 is 0 Å². The van der Waals surface area contributed by atoms with Gasteiger partial charge in [-0.3, -0.25) is 0 Å². The molecule has 0 heterocycles. The van der Waals surface area contributed by atoms with E-state index in [1.807, 2.05) is 0 Å². The van der Waals surface area contributed by atoms with Crippen molar-refractivity contribution in [2.75, 3.05) is 0 Å². The Labute approximate surface area is 120 Å². The maximum absolute atomic E-state index is 11.1. The number of rotatable bonds is 4. The van der Waals surface area contributed by atoms with Crippen LogP contribution in [0.5, 0.6) is 0 Å². The lowest BCUT2D eigenvalue weighted by Gasteiger charge is -2.01. The third-order valence-electron chi connectivity index (χ3n) is 2.37. The number of hydrogen-bond acceptors (Lipinski definition) is 4. The van der Waals surface area contributed by atoms with Gasteiger partial charge < -0.3 is 9.11 Å². The summed E-state index contributed by atoms with van der Waals surface area (Å²) in [4.78, 5) is 0.248. The molecule has 0 aliphatic heterocycles. The number of azo groups is 1. The van der Waals surface area contributed by atoms with Crippen molar-refractivity contribution in [3.63, 3.8) is 0 Å². The first-order valence-electron chi connectivity index (χ1n) is 5.41. The molecule has 0 radical (unpaired) electrons. The predicted molar refractivity (Wildman–Crippen MR) is 75.1 cm³/mol. The zero-order chi connectivity index (χ0) is 14.5. The Balaban J connectivity index is 2.40. The van der Waals surface area contributed by atoms with E-state index in [-0.39, 0.29) is 21.2 Å². The van der Waals surface area contributed by atoms with Crippen molar-refractivity contribution in [1.29, 1.82) is 0 Å². The summed E-state index contributed by atoms with van der Waals surface area (Å²) in [5, 5.41) is 7.73. The molecule has 6 nitrogen and oxygen atoms in total. The van der Waals surface area contributed by atoms with Gasteiger partial charge in [0.2, 0.25) is 0 Å². The van der Waals surface area contributed by atoms with E-state index in [0.717, 1.165) is 0 Å². The first-order chi connectivity index (χ1) is 9.59. The van der Waals surface area contributed by atoms with Crippen LogP contribution in [0.3, 0.4) is 0 Å². The van der Waals surface area contributed by atoms with E-state index in [1.165, 1.54) is 24.3 Å². The van der Waals surface area contributed by atoms with E-state index in [9.17, 15) is 8.42 Å². The Kier molecular flexibility index (Phi) is 4.85. The third kappa shape index (κ3) is 3.42. The minimum Gasteiger partial charge on any atom is -0.302 e. The number of hydrogen-bond donors (Lipinski definition) is 2. The quantitative estimate of drug-likeness (QED) is 0.668. The fourth-order valence-corrected chi connectivity index (χ4v) is 2.45. The van der Waals surface area contributed by atoms with Crippen LogP contribution in [0.1, 0.15) is 0 Å². The highest BCUT2D eigenvalue weighted by Gasteiger charge is 2.08. The first kappa shape index (κ1) is 14.7. The predicted octanol–water partition coefficient (Wildman–Crippen LogP) is 3.26. The standard InChI is InChI=1S/C12H10N2O4S2/c15-19(16)11-7-3-1-5-9(11)13-14-10-6-2-4-8-12(10)20(17)18/h1-8H,(H,15,16)(H,17,18). The summed E-state index contributed by atoms with van der Waals surface area (Å²) in [6, 6.07) is 12.5. The van der Waals surface area contributed by atoms with E-state index in [4.69, 9.17) is 9.11 Å². The highest BCUT2D eigenvalue weighted by molar-refractivity contribution is 7.79. The molecule has 0 aliphatic rings. The summed E-state index contributed by atoms with van der Waals surface area (Å²) in [6.45, 7) is 0. The molecule has 8 heteroatoms. The molecule has 0 spiro atoms. The molecule has 0 amide bonds. The monoisotopic (exact) mass is 310 g/mol. The highest BCUT2D eigenvalue weighted by atomic mass is 32.2. The van der Waals surface area contributed by atoms with Gasteiger partial charge in [-0.25, -0.2) is 8.42 Å². The summed E-state index contributed by atoms with van der Waals surface area (Å²) in [7, 11) is 0. The van der Waals surface area contributed by atoms with Crippen LogP contribution in [0, 0.1) is 0 Å². The fourth-order valence-electron chi connectivity index (χ4n) is 1.48. The van der Waals surface area contributed by atoms with E-state index < -0.39 is 22.2 Å². The van der Waals surface area contributed by atoms with Gasteiger partial charge in [0.15, 0.2) is 22.2 Å². The SMILES string of the molecule is O=S(O)c1ccccc1N=Nc1ccccc1S(=O)O. The average Bonchev–Trinajstić information content (AvgIpc) is 2.45. The molecular weight excluding hydrogens is 300 g/mol. The fraction of sp³-hybridized carbons (Fsp3) is 0. The Morgan fingerprint density at radius 2 is 1.05 bits per heavy atom. The second-order valence-electron chi connectivity index (χ2n) is 3.63. The van der Waals surface area contributed by atoms with Gasteiger partial charge >= 0.3 is 0 Å². The van der Waals surface area contributed by atoms with Crippen molar-refractivity contribution in [3.05, 3.63) is 48.5 Å². The Morgan fingerprint density at radius 3 is 1.40 bits per heavy atom. The molecule has 0 bridgehead atoms. The smallest absolute Gasteiger partial charge is 0.188 e. The first-order valence-corrected chi connectivity index (χ1v) is 7.62. The van der Waals surface area contributed by atoms with Gasteiger partial charge in [0, 0.05) is 0 Å². The largest absolute Gasteiger partial charge is 0.302 e. The van der Waals surface area contributed by atoms with Crippen molar-refractivity contribution in [2.45, 2.75) is 9.79 Å². The van der Waals surface area contributed by atoms with Gasteiger partial charge in [-0.15, -0.1) is 10.2 Å². The Morgan fingerprint density at radius 1 is 0.700 bits per heavy atom. The van der Waals surface area contributed by atoms with Crippen molar-refractivity contribution < 1.29 is 17.5 Å². The maximum atomic E-state index is 11.1. The summed E-state index contributed by atoms with van der Waals surface area (Å²) in [6.07, 6.45) is 0. The summed E-state index contributed by atoms with van der Waals surface area (Å²) < 4.78 is 40.5. The van der Waals surface area contributed by atoms with Crippen molar-refractivity contribution in [2.24, 2.45) is 10.2 Å². The lowest BCUT2D eigenvalue weighted by molar-refractivity contribution is 0.562. The molecule has 2 rings (SSSR count). The molecule has 0 saturated carbocycles. The number of nitrogens with zero attached hydrogens (tertiary/aromatic N) is 2. The van der Waals surface area contributed by atoms with E-state index in [0.29, 0.717) is 0 Å². The number of benzene rings is 2. The van der Waals surface area contributed by atoms with Crippen LogP contribution in [0.25, 0.3) is 0 Å². The Bertz CT molecular complexity index is 644. The summed E-state index contributed by atoms with van der Waals surface area (Å²) in [5.41, 5.74) is 0.457. The zero-order valence-corrected chi connectivity index (χ0v) is 11.7. The van der Waals surface area contributed by atoms with Crippen LogP contribution in [0.2, 0.25) is 0 Å². The Hall–Kier alpha value is -1.74. The summed E-state index contributed by atoms with van der Waals surface area (Å²) >= 11 is -4.35. The molecular formula is C12H10N2O4S2. The third-order valence-corrected chi connectivity index (χ3v) is 3.82. The molecule has 2 aromatic carbocycles. The van der Waals surface area contributed by atoms with Gasteiger partial charge in [-0.1, -0.05) is 24.3 Å². The van der Waals surface area contributed by atoms with E-state index in [2.05, 4.69) is 10.2 Å². The van der Waals surface area contributed by atoms with Crippen LogP contribution in [0.15, 0.2) is 68.6 Å². The lowest BCUT2D eigenvalue weighted by Crippen LogP contribution is -1.89. The molecule has 20 heavy (non-hydrogen) atoms. The van der Waals surface area contributed by atoms with E-state index >= 15 is 0 Å². The molecule has 2 aromatic rings. The van der Waals surface area contributed by atoms with E-state index in [1.54, 1.807) is 24.3 Å². The topological polar surface area (TPSA) is 99.3 Å². The molecule has 0 saturated heterocycles. The molecule has 2 N–H and O–H groups in total. The molecule has 2 atom stereocenters. The van der Waals surface area contributed by atoms with Crippen LogP contribution in [0.4, 0.5) is 11.4 Å². The molecule has 104 valence electrons. The van der Waals surface area contributed by atoms with Gasteiger partial charge in [0.1, 0.15) is 11.4 Å². The second kappa shape index (κ2) is 6.62. The minimum absolute atomic E-state index is 0.124. The normalized spacial score (nSPS) is 14.3. The van der Waals surface area contributed by atoms with Crippen molar-refractivity contribution in [3.8, 4) is 0 Å².